The number of hydrogen-bond donors (Lipinski definition) is 0. The molecule has 2 unspecified atom stereocenters. The second-order valence-electron chi connectivity index (χ2n) is 15.2. The Labute approximate surface area is 302 Å². The molecule has 5 rings (SSSR count). The van der Waals surface area contributed by atoms with Crippen LogP contribution in [-0.4, -0.2) is 61.3 Å². The lowest BCUT2D eigenvalue weighted by atomic mass is 9.85. The summed E-state index contributed by atoms with van der Waals surface area (Å²) in [5, 5.41) is 0. The number of hydrogen-bond acceptors (Lipinski definition) is 6. The van der Waals surface area contributed by atoms with Gasteiger partial charge < -0.3 is 23.4 Å². The quantitative estimate of drug-likeness (QED) is 0.0530. The van der Waals surface area contributed by atoms with Crippen LogP contribution in [0.4, 0.5) is 4.79 Å². The molecule has 0 aliphatic carbocycles. The molecular weight excluding hydrogens is 626 g/mol. The number of carbonyl (C=O) groups excluding carboxylic acids is 2. The first kappa shape index (κ1) is 38.3. The Bertz CT molecular complexity index is 1210. The van der Waals surface area contributed by atoms with Gasteiger partial charge in [0, 0.05) is 38.5 Å². The van der Waals surface area contributed by atoms with Gasteiger partial charge >= 0.3 is 12.1 Å². The van der Waals surface area contributed by atoms with Crippen LogP contribution in [0.1, 0.15) is 146 Å². The summed E-state index contributed by atoms with van der Waals surface area (Å²) in [4.78, 5) is 27.0. The molecule has 7 nitrogen and oxygen atoms in total. The summed E-state index contributed by atoms with van der Waals surface area (Å²) in [5.74, 6) is -0.464. The number of carbonyl (C=O) groups is 2. The molecule has 0 saturated carbocycles. The van der Waals surface area contributed by atoms with Crippen LogP contribution in [0.3, 0.4) is 0 Å². The minimum Gasteiger partial charge on any atom is -0.459 e. The maximum Gasteiger partial charge on any atom is 0.510 e. The van der Waals surface area contributed by atoms with Gasteiger partial charge in [0.05, 0.1) is 31.8 Å². The molecule has 7 heteroatoms. The first-order valence-electron chi connectivity index (χ1n) is 20.2. The second-order valence-corrected chi connectivity index (χ2v) is 15.2. The molecule has 0 radical (unpaired) electrons. The van der Waals surface area contributed by atoms with E-state index in [4.69, 9.17) is 18.9 Å². The first-order chi connectivity index (χ1) is 24.6. The van der Waals surface area contributed by atoms with Crippen LogP contribution < -0.4 is 0 Å². The van der Waals surface area contributed by atoms with Gasteiger partial charge in [-0.3, -0.25) is 0 Å². The SMILES string of the molecule is CCCCCCCCCCCCCCCCOC(=O)OCOC(C(=O)OC1CC2CCC(C1)[N+]21CCCC1)(c1ccccc1)c1ccccc1. The minimum atomic E-state index is -1.59. The van der Waals surface area contributed by atoms with Gasteiger partial charge in [0.15, 0.2) is 6.79 Å². The van der Waals surface area contributed by atoms with Crippen LogP contribution in [0.15, 0.2) is 60.7 Å². The van der Waals surface area contributed by atoms with E-state index < -0.39 is 24.5 Å². The van der Waals surface area contributed by atoms with Crippen LogP contribution >= 0.6 is 0 Å². The number of rotatable bonds is 22. The summed E-state index contributed by atoms with van der Waals surface area (Å²) in [6.45, 7) is 4.68. The lowest BCUT2D eigenvalue weighted by Gasteiger charge is -2.47. The highest BCUT2D eigenvalue weighted by atomic mass is 16.8. The van der Waals surface area contributed by atoms with Crippen molar-refractivity contribution in [3.8, 4) is 0 Å². The van der Waals surface area contributed by atoms with Crippen molar-refractivity contribution in [2.24, 2.45) is 0 Å². The van der Waals surface area contributed by atoms with Crippen molar-refractivity contribution in [3.63, 3.8) is 0 Å². The van der Waals surface area contributed by atoms with Gasteiger partial charge in [-0.1, -0.05) is 151 Å². The monoisotopic (exact) mass is 690 g/mol. The van der Waals surface area contributed by atoms with Crippen LogP contribution in [0.2, 0.25) is 0 Å². The molecule has 50 heavy (non-hydrogen) atoms. The molecule has 2 bridgehead atoms. The van der Waals surface area contributed by atoms with Crippen molar-refractivity contribution in [1.29, 1.82) is 0 Å². The second kappa shape index (κ2) is 20.2. The number of esters is 1. The fraction of sp³-hybridized carbons (Fsp3) is 0.674. The van der Waals surface area contributed by atoms with E-state index in [1.165, 1.54) is 114 Å². The maximum atomic E-state index is 14.5. The van der Waals surface area contributed by atoms with Crippen LogP contribution in [-0.2, 0) is 29.3 Å². The summed E-state index contributed by atoms with van der Waals surface area (Å²) in [7, 11) is 0. The van der Waals surface area contributed by atoms with Gasteiger partial charge in [0.1, 0.15) is 6.10 Å². The average molecular weight is 691 g/mol. The Balaban J connectivity index is 1.07. The highest BCUT2D eigenvalue weighted by Crippen LogP contribution is 2.47. The molecule has 276 valence electrons. The first-order valence-corrected chi connectivity index (χ1v) is 20.2. The summed E-state index contributed by atoms with van der Waals surface area (Å²) < 4.78 is 24.8. The third-order valence-electron chi connectivity index (χ3n) is 11.8. The Morgan fingerprint density at radius 3 is 1.64 bits per heavy atom. The topological polar surface area (TPSA) is 71.1 Å². The molecule has 2 aromatic rings. The van der Waals surface area contributed by atoms with Gasteiger partial charge in [-0.25, -0.2) is 9.59 Å². The van der Waals surface area contributed by atoms with E-state index in [0.29, 0.717) is 29.8 Å². The Morgan fingerprint density at radius 1 is 0.660 bits per heavy atom. The Morgan fingerprint density at radius 2 is 1.14 bits per heavy atom. The fourth-order valence-corrected chi connectivity index (χ4v) is 9.17. The van der Waals surface area contributed by atoms with Gasteiger partial charge in [0.25, 0.3) is 0 Å². The predicted molar refractivity (Wildman–Crippen MR) is 198 cm³/mol. The third kappa shape index (κ3) is 10.1. The lowest BCUT2D eigenvalue weighted by Crippen LogP contribution is -2.60. The van der Waals surface area contributed by atoms with Crippen molar-refractivity contribution >= 4 is 12.1 Å². The van der Waals surface area contributed by atoms with E-state index in [-0.39, 0.29) is 6.10 Å². The van der Waals surface area contributed by atoms with Crippen LogP contribution in [0.25, 0.3) is 0 Å². The van der Waals surface area contributed by atoms with E-state index in [1.807, 2.05) is 60.7 Å². The largest absolute Gasteiger partial charge is 0.510 e. The molecule has 0 N–H and O–H groups in total. The van der Waals surface area contributed by atoms with Gasteiger partial charge in [-0.05, 0) is 17.5 Å². The van der Waals surface area contributed by atoms with E-state index in [1.54, 1.807) is 0 Å². The number of quaternary nitrogens is 1. The zero-order valence-electron chi connectivity index (χ0n) is 30.9. The Hall–Kier alpha value is -2.90. The van der Waals surface area contributed by atoms with Crippen molar-refractivity contribution < 1.29 is 33.0 Å². The highest BCUT2D eigenvalue weighted by molar-refractivity contribution is 5.86. The standard InChI is InChI=1S/C43H64NO6/c1-2-3-4-5-6-7-8-9-10-11-12-13-14-23-32-47-42(46)48-35-49-43(36-24-17-15-18-25-36,37-26-19-16-20-27-37)41(45)50-40-33-38-28-29-39(34-40)44(38)30-21-22-31-44/h15-20,24-27,38-40H,2-14,21-23,28-35H2,1H3/q+1. The average Bonchev–Trinajstić information content (AvgIpc) is 3.69. The van der Waals surface area contributed by atoms with Gasteiger partial charge in [0.2, 0.25) is 5.60 Å². The fourth-order valence-electron chi connectivity index (χ4n) is 9.17. The summed E-state index contributed by atoms with van der Waals surface area (Å²) >= 11 is 0. The van der Waals surface area contributed by atoms with Crippen molar-refractivity contribution in [2.45, 2.75) is 159 Å². The normalized spacial score (nSPS) is 20.9. The molecule has 3 heterocycles. The smallest absolute Gasteiger partial charge is 0.459 e. The number of benzene rings is 2. The zero-order valence-corrected chi connectivity index (χ0v) is 30.9. The molecule has 0 amide bonds. The van der Waals surface area contributed by atoms with E-state index >= 15 is 0 Å². The molecule has 3 aliphatic rings. The summed E-state index contributed by atoms with van der Waals surface area (Å²) in [5.41, 5.74) is -0.316. The van der Waals surface area contributed by atoms with E-state index in [0.717, 1.165) is 32.1 Å². The minimum absolute atomic E-state index is 0.157. The molecule has 2 aromatic carbocycles. The third-order valence-corrected chi connectivity index (χ3v) is 11.8. The predicted octanol–water partition coefficient (Wildman–Crippen LogP) is 10.4. The van der Waals surface area contributed by atoms with E-state index in [2.05, 4.69) is 6.92 Å². The summed E-state index contributed by atoms with van der Waals surface area (Å²) in [6.07, 6.45) is 23.7. The molecule has 3 saturated heterocycles. The highest BCUT2D eigenvalue weighted by Gasteiger charge is 2.57. The number of piperidine rings is 1. The molecule has 0 aromatic heterocycles. The van der Waals surface area contributed by atoms with Crippen LogP contribution in [0, 0.1) is 0 Å². The van der Waals surface area contributed by atoms with E-state index in [9.17, 15) is 9.59 Å². The molecular formula is C43H64NO6+. The maximum absolute atomic E-state index is 14.5. The molecule has 3 fully saturated rings. The molecule has 3 aliphatic heterocycles. The van der Waals surface area contributed by atoms with Crippen molar-refractivity contribution in [2.75, 3.05) is 26.5 Å². The van der Waals surface area contributed by atoms with Crippen LogP contribution in [0.5, 0.6) is 0 Å². The summed E-state index contributed by atoms with van der Waals surface area (Å²) in [6, 6.07) is 20.0. The number of unbranched alkanes of at least 4 members (excludes halogenated alkanes) is 13. The number of nitrogens with zero attached hydrogens (tertiary/aromatic N) is 1. The molecule has 2 atom stereocenters. The van der Waals surface area contributed by atoms with Crippen molar-refractivity contribution in [3.05, 3.63) is 71.8 Å². The Kier molecular flexibility index (Phi) is 15.5. The van der Waals surface area contributed by atoms with Crippen molar-refractivity contribution in [1.82, 2.24) is 0 Å². The molecule has 1 spiro atoms. The number of ether oxygens (including phenoxy) is 4. The van der Waals surface area contributed by atoms with Gasteiger partial charge in [-0.2, -0.15) is 0 Å². The zero-order chi connectivity index (χ0) is 34.9. The lowest BCUT2D eigenvalue weighted by molar-refractivity contribution is -0.956. The van der Waals surface area contributed by atoms with Gasteiger partial charge in [-0.15, -0.1) is 0 Å².